The topological polar surface area (TPSA) is 93.3 Å². The van der Waals surface area contributed by atoms with Crippen LogP contribution in [0.1, 0.15) is 35.0 Å². The van der Waals surface area contributed by atoms with Crippen LogP contribution in [0.4, 0.5) is 0 Å². The fraction of sp³-hybridized carbons (Fsp3) is 0.529. The quantitative estimate of drug-likeness (QED) is 0.746. The zero-order valence-corrected chi connectivity index (χ0v) is 15.8. The third-order valence-electron chi connectivity index (χ3n) is 4.40. The lowest BCUT2D eigenvalue weighted by Crippen LogP contribution is -2.47. The first-order valence-corrected chi connectivity index (χ1v) is 9.98. The van der Waals surface area contributed by atoms with Crippen molar-refractivity contribution in [3.05, 3.63) is 35.8 Å². The molecule has 0 saturated carbocycles. The second-order valence-electron chi connectivity index (χ2n) is 6.27. The molecule has 0 aliphatic carbocycles. The molecule has 26 heavy (non-hydrogen) atoms. The number of nitrogens with zero attached hydrogens (tertiary/aromatic N) is 4. The number of fused-ring (bicyclic) bond motifs is 1. The number of nitrogens with one attached hydrogen (secondary N) is 1. The summed E-state index contributed by atoms with van der Waals surface area (Å²) in [5, 5.41) is 11.2. The number of thioether (sulfide) groups is 1. The van der Waals surface area contributed by atoms with Crippen molar-refractivity contribution in [2.24, 2.45) is 0 Å². The van der Waals surface area contributed by atoms with Crippen molar-refractivity contribution >= 4 is 23.6 Å². The molecule has 2 aromatic heterocycles. The lowest BCUT2D eigenvalue weighted by Gasteiger charge is -2.24. The molecule has 0 fully saturated rings. The van der Waals surface area contributed by atoms with Gasteiger partial charge in [-0.25, -0.2) is 0 Å². The first-order valence-electron chi connectivity index (χ1n) is 8.59. The molecule has 9 heteroatoms. The summed E-state index contributed by atoms with van der Waals surface area (Å²) in [4.78, 5) is 26.8. The predicted octanol–water partition coefficient (Wildman–Crippen LogP) is 1.33. The SMILES string of the molecule is CSCCC(NC(=O)c1ccco1)C(=O)N(C)Cc1nnc2n1CCC2. The van der Waals surface area contributed by atoms with Crippen LogP contribution in [0.25, 0.3) is 0 Å². The third-order valence-corrected chi connectivity index (χ3v) is 5.04. The molecule has 0 aromatic carbocycles. The number of aryl methyl sites for hydroxylation is 1. The van der Waals surface area contributed by atoms with Gasteiger partial charge in [-0.05, 0) is 37.0 Å². The maximum Gasteiger partial charge on any atom is 0.287 e. The Morgan fingerprint density at radius 1 is 1.46 bits per heavy atom. The van der Waals surface area contributed by atoms with Gasteiger partial charge in [0.2, 0.25) is 5.91 Å². The smallest absolute Gasteiger partial charge is 0.287 e. The van der Waals surface area contributed by atoms with Gasteiger partial charge in [-0.15, -0.1) is 10.2 Å². The van der Waals surface area contributed by atoms with E-state index in [1.54, 1.807) is 35.8 Å². The van der Waals surface area contributed by atoms with Crippen LogP contribution in [0, 0.1) is 0 Å². The Hall–Kier alpha value is -2.29. The van der Waals surface area contributed by atoms with Crippen LogP contribution < -0.4 is 5.32 Å². The highest BCUT2D eigenvalue weighted by Gasteiger charge is 2.27. The monoisotopic (exact) mass is 377 g/mol. The van der Waals surface area contributed by atoms with Gasteiger partial charge >= 0.3 is 0 Å². The minimum Gasteiger partial charge on any atom is -0.459 e. The minimum absolute atomic E-state index is 0.144. The maximum absolute atomic E-state index is 12.9. The largest absolute Gasteiger partial charge is 0.459 e. The van der Waals surface area contributed by atoms with Crippen molar-refractivity contribution in [2.75, 3.05) is 19.1 Å². The van der Waals surface area contributed by atoms with Gasteiger partial charge in [0.05, 0.1) is 12.8 Å². The van der Waals surface area contributed by atoms with Crippen LogP contribution >= 0.6 is 11.8 Å². The zero-order valence-electron chi connectivity index (χ0n) is 15.0. The highest BCUT2D eigenvalue weighted by atomic mass is 32.2. The van der Waals surface area contributed by atoms with Gasteiger partial charge in [0.1, 0.15) is 11.9 Å². The Morgan fingerprint density at radius 3 is 3.04 bits per heavy atom. The molecule has 2 amide bonds. The van der Waals surface area contributed by atoms with E-state index >= 15 is 0 Å². The summed E-state index contributed by atoms with van der Waals surface area (Å²) in [6.45, 7) is 1.27. The van der Waals surface area contributed by atoms with E-state index in [0.29, 0.717) is 13.0 Å². The Morgan fingerprint density at radius 2 is 2.31 bits per heavy atom. The molecule has 3 heterocycles. The van der Waals surface area contributed by atoms with E-state index < -0.39 is 6.04 Å². The van der Waals surface area contributed by atoms with Gasteiger partial charge in [0.25, 0.3) is 5.91 Å². The number of carbonyl (C=O) groups excluding carboxylic acids is 2. The van der Waals surface area contributed by atoms with Gasteiger partial charge in [-0.2, -0.15) is 11.8 Å². The molecule has 8 nitrogen and oxygen atoms in total. The van der Waals surface area contributed by atoms with Crippen LogP contribution in [0.5, 0.6) is 0 Å². The summed E-state index contributed by atoms with van der Waals surface area (Å²) in [6, 6.07) is 2.62. The molecule has 0 bridgehead atoms. The molecule has 140 valence electrons. The van der Waals surface area contributed by atoms with Crippen molar-refractivity contribution in [3.63, 3.8) is 0 Å². The van der Waals surface area contributed by atoms with Gasteiger partial charge < -0.3 is 19.2 Å². The van der Waals surface area contributed by atoms with E-state index in [4.69, 9.17) is 4.42 Å². The third kappa shape index (κ3) is 4.09. The van der Waals surface area contributed by atoms with E-state index in [2.05, 4.69) is 20.1 Å². The van der Waals surface area contributed by atoms with E-state index in [1.165, 1.54) is 6.26 Å². The molecular formula is C17H23N5O3S. The second-order valence-corrected chi connectivity index (χ2v) is 7.25. The number of rotatable bonds is 8. The van der Waals surface area contributed by atoms with Crippen LogP contribution in [0.2, 0.25) is 0 Å². The molecule has 2 aromatic rings. The van der Waals surface area contributed by atoms with E-state index in [0.717, 1.165) is 36.8 Å². The lowest BCUT2D eigenvalue weighted by molar-refractivity contribution is -0.132. The summed E-state index contributed by atoms with van der Waals surface area (Å²) in [7, 11) is 1.73. The lowest BCUT2D eigenvalue weighted by atomic mass is 10.2. The van der Waals surface area contributed by atoms with Gasteiger partial charge in [0, 0.05) is 20.0 Å². The molecule has 1 unspecified atom stereocenters. The average Bonchev–Trinajstić information content (AvgIpc) is 3.36. The van der Waals surface area contributed by atoms with Crippen molar-refractivity contribution in [1.29, 1.82) is 0 Å². The Bertz CT molecular complexity index is 759. The number of carbonyl (C=O) groups is 2. The van der Waals surface area contributed by atoms with Crippen LogP contribution in [0.3, 0.4) is 0 Å². The molecule has 1 aliphatic rings. The number of hydrogen-bond donors (Lipinski definition) is 1. The molecule has 1 atom stereocenters. The first-order chi connectivity index (χ1) is 12.6. The predicted molar refractivity (Wildman–Crippen MR) is 97.8 cm³/mol. The van der Waals surface area contributed by atoms with Gasteiger partial charge in [0.15, 0.2) is 11.6 Å². The Balaban J connectivity index is 1.66. The Labute approximate surface area is 156 Å². The van der Waals surface area contributed by atoms with Crippen molar-refractivity contribution in [1.82, 2.24) is 25.0 Å². The number of hydrogen-bond acceptors (Lipinski definition) is 6. The fourth-order valence-electron chi connectivity index (χ4n) is 3.01. The molecule has 0 radical (unpaired) electrons. The highest BCUT2D eigenvalue weighted by Crippen LogP contribution is 2.16. The average molecular weight is 377 g/mol. The van der Waals surface area contributed by atoms with Crippen LogP contribution in [-0.2, 0) is 24.3 Å². The second kappa shape index (κ2) is 8.39. The van der Waals surface area contributed by atoms with Gasteiger partial charge in [-0.1, -0.05) is 0 Å². The molecule has 0 spiro atoms. The van der Waals surface area contributed by atoms with E-state index in [-0.39, 0.29) is 17.6 Å². The summed E-state index contributed by atoms with van der Waals surface area (Å²) in [6.07, 6.45) is 5.95. The number of amides is 2. The first kappa shape index (κ1) is 18.5. The van der Waals surface area contributed by atoms with E-state index in [1.807, 2.05) is 6.26 Å². The van der Waals surface area contributed by atoms with E-state index in [9.17, 15) is 9.59 Å². The normalized spacial score (nSPS) is 14.1. The van der Waals surface area contributed by atoms with Gasteiger partial charge in [-0.3, -0.25) is 9.59 Å². The summed E-state index contributed by atoms with van der Waals surface area (Å²) in [5.74, 6) is 2.20. The zero-order chi connectivity index (χ0) is 18.5. The molecule has 1 aliphatic heterocycles. The Kier molecular flexibility index (Phi) is 5.97. The fourth-order valence-corrected chi connectivity index (χ4v) is 3.49. The standard InChI is InChI=1S/C17H23N5O3S/c1-21(11-15-20-19-14-6-3-8-22(14)15)17(24)12(7-10-26-2)18-16(23)13-5-4-9-25-13/h4-5,9,12H,3,6-8,10-11H2,1-2H3,(H,18,23). The number of furan rings is 1. The summed E-state index contributed by atoms with van der Waals surface area (Å²) < 4.78 is 7.18. The molecular weight excluding hydrogens is 354 g/mol. The number of aromatic nitrogens is 3. The minimum atomic E-state index is -0.606. The maximum atomic E-state index is 12.9. The molecule has 0 saturated heterocycles. The van der Waals surface area contributed by atoms with Crippen LogP contribution in [0.15, 0.2) is 22.8 Å². The highest BCUT2D eigenvalue weighted by molar-refractivity contribution is 7.98. The summed E-state index contributed by atoms with van der Waals surface area (Å²) >= 11 is 1.63. The summed E-state index contributed by atoms with van der Waals surface area (Å²) in [5.41, 5.74) is 0. The van der Waals surface area contributed by atoms with Crippen LogP contribution in [-0.4, -0.2) is 56.6 Å². The van der Waals surface area contributed by atoms with Crippen molar-refractivity contribution in [2.45, 2.75) is 38.4 Å². The molecule has 3 rings (SSSR count). The van der Waals surface area contributed by atoms with Crippen molar-refractivity contribution < 1.29 is 14.0 Å². The van der Waals surface area contributed by atoms with Crippen molar-refractivity contribution in [3.8, 4) is 0 Å². The number of likely N-dealkylation sites (N-methyl/N-ethyl adjacent to an activating group) is 1. The molecule has 1 N–H and O–H groups in total.